The molecule has 10 heteroatoms. The summed E-state index contributed by atoms with van der Waals surface area (Å²) in [6, 6.07) is 9.75. The molecule has 3 aromatic rings. The summed E-state index contributed by atoms with van der Waals surface area (Å²) in [6.07, 6.45) is 1.86. The van der Waals surface area contributed by atoms with Gasteiger partial charge in [-0.3, -0.25) is 0 Å². The summed E-state index contributed by atoms with van der Waals surface area (Å²) in [7, 11) is 0. The van der Waals surface area contributed by atoms with Crippen molar-refractivity contribution in [3.63, 3.8) is 0 Å². The molecular formula is C18H17ClFN5O2Se. The van der Waals surface area contributed by atoms with Crippen LogP contribution < -0.4 is 10.2 Å². The normalized spacial score (nSPS) is 23.7. The monoisotopic (exact) mass is 469 g/mol. The number of nitrogens with two attached hydrogens (primary N) is 1. The van der Waals surface area contributed by atoms with Gasteiger partial charge >= 0.3 is 172 Å². The van der Waals surface area contributed by atoms with Gasteiger partial charge in [0.05, 0.1) is 0 Å². The van der Waals surface area contributed by atoms with Gasteiger partial charge in [0.2, 0.25) is 0 Å². The molecule has 2 aromatic heterocycles. The molecule has 1 fully saturated rings. The minimum atomic E-state index is -1.60. The van der Waals surface area contributed by atoms with E-state index in [-0.39, 0.29) is 39.1 Å². The van der Waals surface area contributed by atoms with Crippen molar-refractivity contribution in [2.24, 2.45) is 0 Å². The average Bonchev–Trinajstić information content (AvgIpc) is 2.99. The van der Waals surface area contributed by atoms with Crippen molar-refractivity contribution >= 4 is 54.1 Å². The molecule has 1 aromatic carbocycles. The molecule has 146 valence electrons. The molecule has 2 unspecified atom stereocenters. The fraction of sp³-hybridized carbons (Fsp3) is 0.333. The van der Waals surface area contributed by atoms with Crippen LogP contribution in [-0.2, 0) is 16.1 Å². The van der Waals surface area contributed by atoms with Crippen LogP contribution >= 0.6 is 11.6 Å². The van der Waals surface area contributed by atoms with Crippen LogP contribution in [0.3, 0.4) is 0 Å². The summed E-state index contributed by atoms with van der Waals surface area (Å²) < 4.78 is 22.8. The zero-order valence-corrected chi connectivity index (χ0v) is 17.4. The van der Waals surface area contributed by atoms with Gasteiger partial charge < -0.3 is 0 Å². The topological polar surface area (TPSA) is 95.9 Å². The average molecular weight is 469 g/mol. The molecule has 0 radical (unpaired) electrons. The van der Waals surface area contributed by atoms with E-state index < -0.39 is 16.0 Å². The standard InChI is InChI=1S/C18H17ClFN5O2Se/c1-11(26)27-9-17(20)7-18(17,28-12-5-3-2-4-6-12)8-25-10-22-13-14(19)23-16(21)24-15(13)25/h2-6,10H,7-9H2,1H3,(H2,21,23,24). The predicted molar refractivity (Wildman–Crippen MR) is 104 cm³/mol. The van der Waals surface area contributed by atoms with Crippen LogP contribution in [0.4, 0.5) is 10.3 Å². The Morgan fingerprint density at radius 1 is 1.39 bits per heavy atom. The predicted octanol–water partition coefficient (Wildman–Crippen LogP) is 1.93. The van der Waals surface area contributed by atoms with Crippen LogP contribution in [0.5, 0.6) is 0 Å². The van der Waals surface area contributed by atoms with Crippen molar-refractivity contribution in [3.05, 3.63) is 41.8 Å². The Labute approximate surface area is 171 Å². The molecule has 2 heterocycles. The molecule has 1 aliphatic carbocycles. The maximum atomic E-state index is 15.6. The first-order valence-corrected chi connectivity index (χ1v) is 10.6. The van der Waals surface area contributed by atoms with E-state index in [2.05, 4.69) is 15.0 Å². The van der Waals surface area contributed by atoms with Crippen molar-refractivity contribution in [2.75, 3.05) is 12.3 Å². The summed E-state index contributed by atoms with van der Waals surface area (Å²) in [6.45, 7) is 1.34. The molecule has 7 nitrogen and oxygen atoms in total. The van der Waals surface area contributed by atoms with Gasteiger partial charge in [-0.05, 0) is 0 Å². The summed E-state index contributed by atoms with van der Waals surface area (Å²) >= 11 is 5.89. The number of hydrogen-bond acceptors (Lipinski definition) is 6. The fourth-order valence-electron chi connectivity index (χ4n) is 3.20. The van der Waals surface area contributed by atoms with Gasteiger partial charge in [-0.1, -0.05) is 0 Å². The number of alkyl halides is 1. The second kappa shape index (κ2) is 6.99. The molecule has 1 saturated carbocycles. The van der Waals surface area contributed by atoms with Gasteiger partial charge in [0.15, 0.2) is 0 Å². The molecule has 2 atom stereocenters. The minimum absolute atomic E-state index is 0.0316. The SMILES string of the molecule is CC(=O)OCC1(F)CC1(Cn1cnc2c(Cl)nc(N)nc21)[Se]c1ccccc1. The molecule has 28 heavy (non-hydrogen) atoms. The number of carbonyl (C=O) groups is 1. The van der Waals surface area contributed by atoms with E-state index in [1.807, 2.05) is 30.3 Å². The summed E-state index contributed by atoms with van der Waals surface area (Å²) in [5.41, 5.74) is 4.99. The number of benzene rings is 1. The third-order valence-corrected chi connectivity index (χ3v) is 8.17. The quantitative estimate of drug-likeness (QED) is 0.337. The molecule has 1 aliphatic rings. The molecule has 0 bridgehead atoms. The Balaban J connectivity index is 1.68. The number of ether oxygens (including phenoxy) is 1. The van der Waals surface area contributed by atoms with E-state index in [0.717, 1.165) is 4.46 Å². The van der Waals surface area contributed by atoms with Crippen molar-refractivity contribution in [1.82, 2.24) is 19.5 Å². The third-order valence-electron chi connectivity index (χ3n) is 4.68. The number of carbonyl (C=O) groups excluding carboxylic acids is 1. The Hall–Kier alpha value is -2.22. The van der Waals surface area contributed by atoms with Gasteiger partial charge in [-0.15, -0.1) is 0 Å². The molecule has 4 rings (SSSR count). The number of nitrogens with zero attached hydrogens (tertiary/aromatic N) is 4. The number of rotatable bonds is 6. The Bertz CT molecular complexity index is 1050. The number of halogens is 2. The summed E-state index contributed by atoms with van der Waals surface area (Å²) in [4.78, 5) is 23.6. The van der Waals surface area contributed by atoms with Crippen LogP contribution in [0.2, 0.25) is 9.47 Å². The molecule has 0 aliphatic heterocycles. The van der Waals surface area contributed by atoms with Gasteiger partial charge in [0.25, 0.3) is 0 Å². The van der Waals surface area contributed by atoms with Gasteiger partial charge in [-0.2, -0.15) is 0 Å². The van der Waals surface area contributed by atoms with E-state index in [1.165, 1.54) is 6.92 Å². The van der Waals surface area contributed by atoms with Crippen LogP contribution in [0, 0.1) is 0 Å². The van der Waals surface area contributed by atoms with E-state index in [9.17, 15) is 4.79 Å². The van der Waals surface area contributed by atoms with E-state index >= 15 is 4.39 Å². The van der Waals surface area contributed by atoms with Gasteiger partial charge in [0.1, 0.15) is 0 Å². The zero-order valence-electron chi connectivity index (χ0n) is 14.9. The van der Waals surface area contributed by atoms with Crippen molar-refractivity contribution < 1.29 is 13.9 Å². The number of fused-ring (bicyclic) bond motifs is 1. The Kier molecular flexibility index (Phi) is 4.77. The van der Waals surface area contributed by atoms with Gasteiger partial charge in [-0.25, -0.2) is 0 Å². The van der Waals surface area contributed by atoms with Crippen molar-refractivity contribution in [1.29, 1.82) is 0 Å². The number of hydrogen-bond donors (Lipinski definition) is 1. The molecule has 2 N–H and O–H groups in total. The van der Waals surface area contributed by atoms with Crippen molar-refractivity contribution in [3.8, 4) is 0 Å². The third kappa shape index (κ3) is 3.45. The summed E-state index contributed by atoms with van der Waals surface area (Å²) in [5.74, 6) is -0.463. The zero-order chi connectivity index (χ0) is 19.9. The second-order valence-electron chi connectivity index (χ2n) is 6.75. The number of aromatic nitrogens is 4. The number of anilines is 1. The number of imidazole rings is 1. The maximum absolute atomic E-state index is 15.6. The van der Waals surface area contributed by atoms with Gasteiger partial charge in [0, 0.05) is 0 Å². The Morgan fingerprint density at radius 3 is 2.86 bits per heavy atom. The Morgan fingerprint density at radius 2 is 2.14 bits per heavy atom. The van der Waals surface area contributed by atoms with Crippen LogP contribution in [0.1, 0.15) is 13.3 Å². The molecular weight excluding hydrogens is 452 g/mol. The van der Waals surface area contributed by atoms with Crippen LogP contribution in [0.15, 0.2) is 36.7 Å². The first-order chi connectivity index (χ1) is 13.3. The van der Waals surface area contributed by atoms with Crippen LogP contribution in [0.25, 0.3) is 11.2 Å². The molecule has 0 spiro atoms. The number of esters is 1. The molecule has 0 amide bonds. The van der Waals surface area contributed by atoms with E-state index in [4.69, 9.17) is 22.1 Å². The molecule has 0 saturated heterocycles. The fourth-order valence-corrected chi connectivity index (χ4v) is 6.54. The number of nitrogen functional groups attached to an aromatic ring is 1. The van der Waals surface area contributed by atoms with Crippen molar-refractivity contribution in [2.45, 2.75) is 29.9 Å². The van der Waals surface area contributed by atoms with E-state index in [0.29, 0.717) is 17.7 Å². The van der Waals surface area contributed by atoms with E-state index in [1.54, 1.807) is 10.9 Å². The second-order valence-corrected chi connectivity index (χ2v) is 10.2. The summed E-state index contributed by atoms with van der Waals surface area (Å²) in [5, 5.41) is 0.158. The van der Waals surface area contributed by atoms with Crippen LogP contribution in [-0.4, -0.2) is 52.7 Å². The first kappa shape index (κ1) is 19.1. The first-order valence-electron chi connectivity index (χ1n) is 8.52.